The van der Waals surface area contributed by atoms with Gasteiger partial charge in [0.25, 0.3) is 0 Å². The van der Waals surface area contributed by atoms with Gasteiger partial charge >= 0.3 is 6.03 Å². The molecule has 1 N–H and O–H groups in total. The second kappa shape index (κ2) is 5.33. The van der Waals surface area contributed by atoms with Crippen molar-refractivity contribution in [1.82, 2.24) is 5.32 Å². The molecule has 2 aromatic carbocycles. The van der Waals surface area contributed by atoms with E-state index in [2.05, 4.69) is 5.32 Å². The van der Waals surface area contributed by atoms with Gasteiger partial charge in [-0.2, -0.15) is 0 Å². The molecule has 0 aliphatic carbocycles. The number of rotatable bonds is 2. The SMILES string of the molecule is O=C(NCc1ccc(F)cc1)N1CCc2ccccc21. The summed E-state index contributed by atoms with van der Waals surface area (Å²) in [5.41, 5.74) is 3.06. The second-order valence-corrected chi connectivity index (χ2v) is 4.82. The number of halogens is 1. The topological polar surface area (TPSA) is 32.3 Å². The van der Waals surface area contributed by atoms with Crippen LogP contribution >= 0.6 is 0 Å². The van der Waals surface area contributed by atoms with Crippen LogP contribution in [0.4, 0.5) is 14.9 Å². The first-order valence-corrected chi connectivity index (χ1v) is 6.62. The van der Waals surface area contributed by atoms with E-state index in [0.717, 1.165) is 17.7 Å². The van der Waals surface area contributed by atoms with E-state index < -0.39 is 0 Å². The summed E-state index contributed by atoms with van der Waals surface area (Å²) in [6.07, 6.45) is 0.889. The summed E-state index contributed by atoms with van der Waals surface area (Å²) in [7, 11) is 0. The van der Waals surface area contributed by atoms with Crippen molar-refractivity contribution in [2.45, 2.75) is 13.0 Å². The number of nitrogens with one attached hydrogen (secondary N) is 1. The first-order valence-electron chi connectivity index (χ1n) is 6.62. The average molecular weight is 270 g/mol. The van der Waals surface area contributed by atoms with Crippen LogP contribution in [-0.4, -0.2) is 12.6 Å². The van der Waals surface area contributed by atoms with Gasteiger partial charge in [0.2, 0.25) is 0 Å². The van der Waals surface area contributed by atoms with Gasteiger partial charge in [0.15, 0.2) is 0 Å². The number of amides is 2. The molecular formula is C16H15FN2O. The minimum absolute atomic E-state index is 0.112. The third kappa shape index (κ3) is 2.50. The van der Waals surface area contributed by atoms with Crippen molar-refractivity contribution < 1.29 is 9.18 Å². The van der Waals surface area contributed by atoms with E-state index in [9.17, 15) is 9.18 Å². The third-order valence-corrected chi connectivity index (χ3v) is 3.49. The molecule has 2 aromatic rings. The zero-order valence-electron chi connectivity index (χ0n) is 11.0. The highest BCUT2D eigenvalue weighted by Gasteiger charge is 2.23. The van der Waals surface area contributed by atoms with Crippen LogP contribution in [0.5, 0.6) is 0 Å². The van der Waals surface area contributed by atoms with Gasteiger partial charge in [-0.3, -0.25) is 4.90 Å². The van der Waals surface area contributed by atoms with Crippen LogP contribution in [0.25, 0.3) is 0 Å². The summed E-state index contributed by atoms with van der Waals surface area (Å²) in [4.78, 5) is 13.9. The number of hydrogen-bond acceptors (Lipinski definition) is 1. The predicted octanol–water partition coefficient (Wildman–Crippen LogP) is 3.10. The molecule has 1 aliphatic rings. The molecule has 2 amide bonds. The zero-order valence-corrected chi connectivity index (χ0v) is 11.0. The van der Waals surface area contributed by atoms with E-state index in [-0.39, 0.29) is 11.8 Å². The normalized spacial score (nSPS) is 13.2. The van der Waals surface area contributed by atoms with E-state index in [1.54, 1.807) is 17.0 Å². The van der Waals surface area contributed by atoms with Gasteiger partial charge < -0.3 is 5.32 Å². The number of para-hydroxylation sites is 1. The van der Waals surface area contributed by atoms with Gasteiger partial charge in [-0.25, -0.2) is 9.18 Å². The number of benzene rings is 2. The van der Waals surface area contributed by atoms with Crippen LogP contribution in [-0.2, 0) is 13.0 Å². The Morgan fingerprint density at radius 1 is 1.15 bits per heavy atom. The van der Waals surface area contributed by atoms with E-state index in [1.165, 1.54) is 17.7 Å². The van der Waals surface area contributed by atoms with E-state index in [0.29, 0.717) is 13.1 Å². The summed E-state index contributed by atoms with van der Waals surface area (Å²) < 4.78 is 12.8. The predicted molar refractivity (Wildman–Crippen MR) is 76.1 cm³/mol. The van der Waals surface area contributed by atoms with Crippen LogP contribution in [0.3, 0.4) is 0 Å². The van der Waals surface area contributed by atoms with Crippen molar-refractivity contribution >= 4 is 11.7 Å². The molecule has 0 fully saturated rings. The molecule has 0 unspecified atom stereocenters. The lowest BCUT2D eigenvalue weighted by molar-refractivity contribution is 0.246. The molecule has 1 heterocycles. The molecule has 4 heteroatoms. The number of hydrogen-bond donors (Lipinski definition) is 1. The summed E-state index contributed by atoms with van der Waals surface area (Å²) >= 11 is 0. The number of nitrogens with zero attached hydrogens (tertiary/aromatic N) is 1. The summed E-state index contributed by atoms with van der Waals surface area (Å²) in [5.74, 6) is -0.270. The lowest BCUT2D eigenvalue weighted by atomic mass is 10.2. The maximum atomic E-state index is 12.8. The first kappa shape index (κ1) is 12.7. The molecular weight excluding hydrogens is 255 g/mol. The number of carbonyl (C=O) groups is 1. The van der Waals surface area contributed by atoms with Crippen molar-refractivity contribution in [1.29, 1.82) is 0 Å². The summed E-state index contributed by atoms with van der Waals surface area (Å²) in [6, 6.07) is 13.9. The Balaban J connectivity index is 1.65. The molecule has 1 aliphatic heterocycles. The lowest BCUT2D eigenvalue weighted by Crippen LogP contribution is -2.38. The largest absolute Gasteiger partial charge is 0.334 e. The third-order valence-electron chi connectivity index (χ3n) is 3.49. The van der Waals surface area contributed by atoms with Crippen molar-refractivity contribution in [3.8, 4) is 0 Å². The molecule has 0 aromatic heterocycles. The smallest absolute Gasteiger partial charge is 0.322 e. The summed E-state index contributed by atoms with van der Waals surface area (Å²) in [6.45, 7) is 1.10. The molecule has 0 atom stereocenters. The Bertz CT molecular complexity index is 625. The molecule has 3 rings (SSSR count). The van der Waals surface area contributed by atoms with E-state index in [1.807, 2.05) is 24.3 Å². The maximum Gasteiger partial charge on any atom is 0.322 e. The number of fused-ring (bicyclic) bond motifs is 1. The quantitative estimate of drug-likeness (QED) is 0.893. The van der Waals surface area contributed by atoms with E-state index >= 15 is 0 Å². The highest BCUT2D eigenvalue weighted by Crippen LogP contribution is 2.27. The van der Waals surface area contributed by atoms with E-state index in [4.69, 9.17) is 0 Å². The number of urea groups is 1. The average Bonchev–Trinajstić information content (AvgIpc) is 2.90. The molecule has 0 bridgehead atoms. The Morgan fingerprint density at radius 3 is 2.70 bits per heavy atom. The second-order valence-electron chi connectivity index (χ2n) is 4.82. The number of carbonyl (C=O) groups excluding carboxylic acids is 1. The molecule has 0 radical (unpaired) electrons. The molecule has 20 heavy (non-hydrogen) atoms. The van der Waals surface area contributed by atoms with Gasteiger partial charge in [-0.15, -0.1) is 0 Å². The van der Waals surface area contributed by atoms with Crippen molar-refractivity contribution in [2.24, 2.45) is 0 Å². The van der Waals surface area contributed by atoms with Crippen molar-refractivity contribution in [3.63, 3.8) is 0 Å². The molecule has 3 nitrogen and oxygen atoms in total. The Kier molecular flexibility index (Phi) is 3.37. The van der Waals surface area contributed by atoms with Crippen LogP contribution in [0.2, 0.25) is 0 Å². The lowest BCUT2D eigenvalue weighted by Gasteiger charge is -2.18. The fraction of sp³-hybridized carbons (Fsp3) is 0.188. The van der Waals surface area contributed by atoms with Gasteiger partial charge in [-0.1, -0.05) is 30.3 Å². The van der Waals surface area contributed by atoms with Gasteiger partial charge in [0.1, 0.15) is 5.82 Å². The van der Waals surface area contributed by atoms with Crippen LogP contribution in [0.15, 0.2) is 48.5 Å². The fourth-order valence-corrected chi connectivity index (χ4v) is 2.42. The fourth-order valence-electron chi connectivity index (χ4n) is 2.42. The maximum absolute atomic E-state index is 12.8. The van der Waals surface area contributed by atoms with Gasteiger partial charge in [-0.05, 0) is 35.7 Å². The van der Waals surface area contributed by atoms with Crippen LogP contribution < -0.4 is 10.2 Å². The van der Waals surface area contributed by atoms with Crippen molar-refractivity contribution in [2.75, 3.05) is 11.4 Å². The minimum Gasteiger partial charge on any atom is -0.334 e. The van der Waals surface area contributed by atoms with Crippen LogP contribution in [0.1, 0.15) is 11.1 Å². The monoisotopic (exact) mass is 270 g/mol. The van der Waals surface area contributed by atoms with Gasteiger partial charge in [0, 0.05) is 18.8 Å². The molecule has 0 spiro atoms. The highest BCUT2D eigenvalue weighted by molar-refractivity contribution is 5.94. The van der Waals surface area contributed by atoms with Gasteiger partial charge in [0.05, 0.1) is 0 Å². The van der Waals surface area contributed by atoms with Crippen molar-refractivity contribution in [3.05, 3.63) is 65.5 Å². The highest BCUT2D eigenvalue weighted by atomic mass is 19.1. The molecule has 0 saturated carbocycles. The summed E-state index contributed by atoms with van der Waals surface area (Å²) in [5, 5.41) is 2.87. The Hall–Kier alpha value is -2.36. The first-order chi connectivity index (χ1) is 9.74. The molecule has 0 saturated heterocycles. The Labute approximate surface area is 117 Å². The standard InChI is InChI=1S/C16H15FN2O/c17-14-7-5-12(6-8-14)11-18-16(20)19-10-9-13-3-1-2-4-15(13)19/h1-8H,9-11H2,(H,18,20). The minimum atomic E-state index is -0.270. The molecule has 102 valence electrons. The zero-order chi connectivity index (χ0) is 13.9. The number of anilines is 1. The van der Waals surface area contributed by atoms with Crippen LogP contribution in [0, 0.1) is 5.82 Å². The Morgan fingerprint density at radius 2 is 1.90 bits per heavy atom.